The van der Waals surface area contributed by atoms with Crippen molar-refractivity contribution in [3.8, 4) is 0 Å². The molecule has 5 nitrogen and oxygen atoms in total. The number of halogens is 3. The minimum Gasteiger partial charge on any atom is -0.480 e. The molecule has 1 aromatic rings. The van der Waals surface area contributed by atoms with Crippen molar-refractivity contribution in [2.24, 2.45) is 0 Å². The summed E-state index contributed by atoms with van der Waals surface area (Å²) in [7, 11) is 0. The zero-order valence-corrected chi connectivity index (χ0v) is 10.7. The molecule has 0 saturated carbocycles. The monoisotopic (exact) mass is 309 g/mol. The van der Waals surface area contributed by atoms with E-state index in [1.54, 1.807) is 0 Å². The van der Waals surface area contributed by atoms with Crippen molar-refractivity contribution in [3.05, 3.63) is 29.8 Å². The van der Waals surface area contributed by atoms with Crippen LogP contribution in [-0.4, -0.2) is 40.2 Å². The second-order valence-electron chi connectivity index (χ2n) is 3.59. The number of hydrogen-bond acceptors (Lipinski definition) is 4. The summed E-state index contributed by atoms with van der Waals surface area (Å²) in [6.07, 6.45) is 0. The van der Waals surface area contributed by atoms with Crippen molar-refractivity contribution in [1.82, 2.24) is 5.32 Å². The summed E-state index contributed by atoms with van der Waals surface area (Å²) in [5.41, 5.74) is -4.88. The fourth-order valence-corrected chi connectivity index (χ4v) is 1.96. The van der Waals surface area contributed by atoms with E-state index >= 15 is 0 Å². The zero-order chi connectivity index (χ0) is 15.3. The van der Waals surface area contributed by atoms with Gasteiger partial charge in [-0.1, -0.05) is 12.1 Å². The Morgan fingerprint density at radius 1 is 1.30 bits per heavy atom. The molecule has 1 amide bonds. The Balaban J connectivity index is 2.96. The van der Waals surface area contributed by atoms with Crippen molar-refractivity contribution in [2.45, 2.75) is 16.4 Å². The van der Waals surface area contributed by atoms with E-state index in [0.717, 1.165) is 12.1 Å². The number of alkyl halides is 3. The van der Waals surface area contributed by atoms with Gasteiger partial charge in [-0.3, -0.25) is 4.79 Å². The molecule has 0 unspecified atom stereocenters. The van der Waals surface area contributed by atoms with Crippen molar-refractivity contribution in [2.75, 3.05) is 6.61 Å². The molecule has 110 valence electrons. The first-order valence-corrected chi connectivity index (χ1v) is 6.05. The predicted octanol–water partition coefficient (Wildman–Crippen LogP) is 1.47. The number of aliphatic hydroxyl groups excluding tert-OH is 1. The number of amides is 1. The van der Waals surface area contributed by atoms with Gasteiger partial charge in [-0.2, -0.15) is 13.2 Å². The number of nitrogens with one attached hydrogen (secondary N) is 1. The van der Waals surface area contributed by atoms with Crippen LogP contribution in [0.2, 0.25) is 0 Å². The first-order valence-electron chi connectivity index (χ1n) is 5.24. The highest BCUT2D eigenvalue weighted by molar-refractivity contribution is 8.00. The van der Waals surface area contributed by atoms with Crippen LogP contribution in [0.5, 0.6) is 0 Å². The van der Waals surface area contributed by atoms with Crippen LogP contribution in [-0.2, 0) is 4.79 Å². The Labute approximate surface area is 115 Å². The van der Waals surface area contributed by atoms with Gasteiger partial charge < -0.3 is 15.5 Å². The summed E-state index contributed by atoms with van der Waals surface area (Å²) in [4.78, 5) is 22.1. The van der Waals surface area contributed by atoms with Gasteiger partial charge in [0.25, 0.3) is 5.91 Å². The summed E-state index contributed by atoms with van der Waals surface area (Å²) < 4.78 is 37.0. The van der Waals surface area contributed by atoms with Crippen LogP contribution >= 0.6 is 11.8 Å². The zero-order valence-electron chi connectivity index (χ0n) is 9.85. The maximum Gasteiger partial charge on any atom is 0.446 e. The number of thioether (sulfide) groups is 1. The number of carboxylic acids is 1. The van der Waals surface area contributed by atoms with E-state index in [0.29, 0.717) is 0 Å². The lowest BCUT2D eigenvalue weighted by molar-refractivity contribution is -0.140. The van der Waals surface area contributed by atoms with Gasteiger partial charge in [0.2, 0.25) is 0 Å². The van der Waals surface area contributed by atoms with E-state index in [2.05, 4.69) is 0 Å². The predicted molar refractivity (Wildman–Crippen MR) is 64.3 cm³/mol. The van der Waals surface area contributed by atoms with Crippen LogP contribution in [0.15, 0.2) is 29.2 Å². The average molecular weight is 309 g/mol. The number of carbonyl (C=O) groups excluding carboxylic acids is 1. The highest BCUT2D eigenvalue weighted by atomic mass is 32.2. The summed E-state index contributed by atoms with van der Waals surface area (Å²) in [5.74, 6) is -2.49. The Morgan fingerprint density at radius 3 is 2.40 bits per heavy atom. The molecule has 0 aliphatic rings. The number of hydrogen-bond donors (Lipinski definition) is 3. The van der Waals surface area contributed by atoms with Gasteiger partial charge in [0.05, 0.1) is 12.2 Å². The van der Waals surface area contributed by atoms with Crippen LogP contribution < -0.4 is 5.32 Å². The second kappa shape index (κ2) is 6.62. The lowest BCUT2D eigenvalue weighted by Crippen LogP contribution is -2.43. The van der Waals surface area contributed by atoms with E-state index < -0.39 is 41.8 Å². The van der Waals surface area contributed by atoms with Crippen LogP contribution in [0, 0.1) is 0 Å². The molecule has 0 aromatic heterocycles. The summed E-state index contributed by atoms with van der Waals surface area (Å²) >= 11 is -0.472. The fourth-order valence-electron chi connectivity index (χ4n) is 1.29. The third kappa shape index (κ3) is 4.74. The second-order valence-corrected chi connectivity index (χ2v) is 4.70. The standard InChI is InChI=1S/C11H10F3NO4S/c12-11(13,14)20-8-4-2-1-3-6(8)9(17)15-7(5-16)10(18)19/h1-4,7,16H,5H2,(H,15,17)(H,18,19)/t7-/m0/s1. The van der Waals surface area contributed by atoms with Crippen molar-refractivity contribution < 1.29 is 33.0 Å². The van der Waals surface area contributed by atoms with E-state index in [-0.39, 0.29) is 10.5 Å². The molecule has 0 spiro atoms. The van der Waals surface area contributed by atoms with Crippen LogP contribution in [0.4, 0.5) is 13.2 Å². The van der Waals surface area contributed by atoms with E-state index in [1.165, 1.54) is 12.1 Å². The molecule has 1 rings (SSSR count). The van der Waals surface area contributed by atoms with Crippen LogP contribution in [0.1, 0.15) is 10.4 Å². The van der Waals surface area contributed by atoms with Crippen molar-refractivity contribution in [1.29, 1.82) is 0 Å². The molecule has 0 saturated heterocycles. The smallest absolute Gasteiger partial charge is 0.446 e. The molecule has 0 fully saturated rings. The van der Waals surface area contributed by atoms with E-state index in [4.69, 9.17) is 10.2 Å². The molecule has 1 aromatic carbocycles. The van der Waals surface area contributed by atoms with Gasteiger partial charge >= 0.3 is 11.5 Å². The first kappa shape index (κ1) is 16.3. The maximum absolute atomic E-state index is 12.3. The van der Waals surface area contributed by atoms with Gasteiger partial charge in [0, 0.05) is 4.90 Å². The lowest BCUT2D eigenvalue weighted by Gasteiger charge is -2.14. The number of benzene rings is 1. The van der Waals surface area contributed by atoms with Gasteiger partial charge in [0.1, 0.15) is 0 Å². The van der Waals surface area contributed by atoms with Crippen LogP contribution in [0.3, 0.4) is 0 Å². The normalized spacial score (nSPS) is 12.8. The molecule has 0 aliphatic carbocycles. The molecule has 0 bridgehead atoms. The summed E-state index contributed by atoms with van der Waals surface area (Å²) in [6, 6.07) is 3.34. The molecule has 9 heteroatoms. The Morgan fingerprint density at radius 2 is 1.90 bits per heavy atom. The molecule has 0 heterocycles. The number of carboxylic acid groups (broad SMARTS) is 1. The Kier molecular flexibility index (Phi) is 5.40. The maximum atomic E-state index is 12.3. The molecular weight excluding hydrogens is 299 g/mol. The van der Waals surface area contributed by atoms with Crippen molar-refractivity contribution in [3.63, 3.8) is 0 Å². The molecule has 0 aliphatic heterocycles. The van der Waals surface area contributed by atoms with E-state index in [1.807, 2.05) is 5.32 Å². The minimum atomic E-state index is -4.57. The summed E-state index contributed by atoms with van der Waals surface area (Å²) in [6.45, 7) is -0.865. The third-order valence-electron chi connectivity index (χ3n) is 2.14. The average Bonchev–Trinajstić information content (AvgIpc) is 2.34. The highest BCUT2D eigenvalue weighted by Gasteiger charge is 2.31. The first-order chi connectivity index (χ1) is 9.24. The Hall–Kier alpha value is -1.74. The SMILES string of the molecule is O=C(N[C@@H](CO)C(=O)O)c1ccccc1SC(F)(F)F. The summed E-state index contributed by atoms with van der Waals surface area (Å²) in [5, 5.41) is 19.4. The van der Waals surface area contributed by atoms with Crippen molar-refractivity contribution >= 4 is 23.6 Å². The highest BCUT2D eigenvalue weighted by Crippen LogP contribution is 2.38. The van der Waals surface area contributed by atoms with Gasteiger partial charge in [-0.05, 0) is 23.9 Å². The van der Waals surface area contributed by atoms with Gasteiger partial charge in [0.15, 0.2) is 6.04 Å². The van der Waals surface area contributed by atoms with Crippen LogP contribution in [0.25, 0.3) is 0 Å². The molecular formula is C11H10F3NO4S. The van der Waals surface area contributed by atoms with E-state index in [9.17, 15) is 22.8 Å². The number of aliphatic carboxylic acids is 1. The topological polar surface area (TPSA) is 86.6 Å². The number of carbonyl (C=O) groups is 2. The lowest BCUT2D eigenvalue weighted by atomic mass is 10.2. The van der Waals surface area contributed by atoms with Gasteiger partial charge in [-0.25, -0.2) is 4.79 Å². The molecule has 20 heavy (non-hydrogen) atoms. The minimum absolute atomic E-state index is 0.311. The molecule has 3 N–H and O–H groups in total. The quantitative estimate of drug-likeness (QED) is 0.717. The molecule has 1 atom stereocenters. The largest absolute Gasteiger partial charge is 0.480 e. The third-order valence-corrected chi connectivity index (χ3v) is 2.95. The number of rotatable bonds is 5. The molecule has 0 radical (unpaired) electrons. The van der Waals surface area contributed by atoms with Gasteiger partial charge in [-0.15, -0.1) is 0 Å². The Bertz CT molecular complexity index is 507. The fraction of sp³-hybridized carbons (Fsp3) is 0.273. The number of aliphatic hydroxyl groups is 1.